The van der Waals surface area contributed by atoms with Crippen molar-refractivity contribution in [3.8, 4) is 0 Å². The van der Waals surface area contributed by atoms with Gasteiger partial charge in [-0.2, -0.15) is 0 Å². The van der Waals surface area contributed by atoms with Gasteiger partial charge < -0.3 is 15.0 Å². The maximum absolute atomic E-state index is 12.2. The molecule has 2 amide bonds. The van der Waals surface area contributed by atoms with Crippen molar-refractivity contribution in [3.63, 3.8) is 0 Å². The molecule has 1 saturated heterocycles. The highest BCUT2D eigenvalue weighted by atomic mass is 127. The molecule has 18 heavy (non-hydrogen) atoms. The number of rotatable bonds is 1. The molecule has 2 rings (SSSR count). The van der Waals surface area contributed by atoms with Gasteiger partial charge in [0.25, 0.3) is 0 Å². The van der Waals surface area contributed by atoms with Gasteiger partial charge in [-0.25, -0.2) is 4.79 Å². The lowest BCUT2D eigenvalue weighted by molar-refractivity contribution is -0.0530. The highest BCUT2D eigenvalue weighted by Crippen LogP contribution is 2.18. The predicted octanol–water partition coefficient (Wildman–Crippen LogP) is 2.93. The topological polar surface area (TPSA) is 41.6 Å². The van der Waals surface area contributed by atoms with E-state index in [0.29, 0.717) is 13.1 Å². The molecule has 5 heteroatoms. The minimum absolute atomic E-state index is 0.0545. The molecule has 1 aromatic rings. The average molecular weight is 360 g/mol. The van der Waals surface area contributed by atoms with Gasteiger partial charge in [0.05, 0.1) is 17.9 Å². The van der Waals surface area contributed by atoms with Crippen LogP contribution in [0.15, 0.2) is 24.3 Å². The second kappa shape index (κ2) is 5.88. The number of amides is 2. The molecule has 0 radical (unpaired) electrons. The van der Waals surface area contributed by atoms with Crippen molar-refractivity contribution >= 4 is 34.3 Å². The third kappa shape index (κ3) is 3.35. The number of anilines is 1. The van der Waals surface area contributed by atoms with Crippen molar-refractivity contribution in [2.24, 2.45) is 0 Å². The number of hydrogen-bond acceptors (Lipinski definition) is 2. The van der Waals surface area contributed by atoms with E-state index < -0.39 is 0 Å². The third-order valence-corrected chi connectivity index (χ3v) is 3.76. The predicted molar refractivity (Wildman–Crippen MR) is 79.8 cm³/mol. The molecular formula is C13H17IN2O2. The summed E-state index contributed by atoms with van der Waals surface area (Å²) in [7, 11) is 0. The molecule has 1 aliphatic rings. The lowest BCUT2D eigenvalue weighted by Crippen LogP contribution is -2.49. The normalized spacial score (nSPS) is 23.8. The maximum Gasteiger partial charge on any atom is 0.322 e. The van der Waals surface area contributed by atoms with Crippen LogP contribution in [0.1, 0.15) is 13.8 Å². The van der Waals surface area contributed by atoms with Crippen LogP contribution in [0, 0.1) is 3.57 Å². The summed E-state index contributed by atoms with van der Waals surface area (Å²) in [6, 6.07) is 7.70. The molecule has 1 fully saturated rings. The Bertz CT molecular complexity index is 429. The lowest BCUT2D eigenvalue weighted by Gasteiger charge is -2.35. The van der Waals surface area contributed by atoms with E-state index in [1.807, 2.05) is 43.0 Å². The van der Waals surface area contributed by atoms with Gasteiger partial charge in [-0.05, 0) is 48.6 Å². The van der Waals surface area contributed by atoms with E-state index in [4.69, 9.17) is 4.74 Å². The second-order valence-corrected chi connectivity index (χ2v) is 5.73. The Morgan fingerprint density at radius 1 is 1.33 bits per heavy atom. The Morgan fingerprint density at radius 3 is 2.56 bits per heavy atom. The summed E-state index contributed by atoms with van der Waals surface area (Å²) < 4.78 is 6.66. The summed E-state index contributed by atoms with van der Waals surface area (Å²) in [6.45, 7) is 5.25. The van der Waals surface area contributed by atoms with Crippen LogP contribution < -0.4 is 5.32 Å². The van der Waals surface area contributed by atoms with Crippen molar-refractivity contribution in [1.29, 1.82) is 0 Å². The molecule has 1 heterocycles. The quantitative estimate of drug-likeness (QED) is 0.783. The molecule has 4 nitrogen and oxygen atoms in total. The van der Waals surface area contributed by atoms with Crippen LogP contribution in [0.25, 0.3) is 0 Å². The SMILES string of the molecule is C[C@@H]1CN(C(=O)Nc2ccccc2I)C[C@@H](C)O1. The summed E-state index contributed by atoms with van der Waals surface area (Å²) in [5, 5.41) is 2.94. The minimum Gasteiger partial charge on any atom is -0.372 e. The van der Waals surface area contributed by atoms with Gasteiger partial charge in [0.15, 0.2) is 0 Å². The number of halogens is 1. The number of carbonyl (C=O) groups excluding carboxylic acids is 1. The van der Waals surface area contributed by atoms with E-state index in [1.165, 1.54) is 0 Å². The third-order valence-electron chi connectivity index (χ3n) is 2.82. The van der Waals surface area contributed by atoms with E-state index in [0.717, 1.165) is 9.26 Å². The van der Waals surface area contributed by atoms with Crippen LogP contribution >= 0.6 is 22.6 Å². The van der Waals surface area contributed by atoms with Gasteiger partial charge in [-0.1, -0.05) is 12.1 Å². The Hall–Kier alpha value is -0.820. The number of morpholine rings is 1. The van der Waals surface area contributed by atoms with E-state index in [1.54, 1.807) is 0 Å². The average Bonchev–Trinajstić information content (AvgIpc) is 2.31. The first-order valence-electron chi connectivity index (χ1n) is 6.02. The van der Waals surface area contributed by atoms with Gasteiger partial charge in [-0.3, -0.25) is 0 Å². The Kier molecular flexibility index (Phi) is 4.45. The number of carbonyl (C=O) groups is 1. The monoisotopic (exact) mass is 360 g/mol. The fraction of sp³-hybridized carbons (Fsp3) is 0.462. The van der Waals surface area contributed by atoms with Gasteiger partial charge in [0, 0.05) is 16.7 Å². The summed E-state index contributed by atoms with van der Waals surface area (Å²) in [4.78, 5) is 14.0. The zero-order chi connectivity index (χ0) is 13.1. The Morgan fingerprint density at radius 2 is 1.94 bits per heavy atom. The van der Waals surface area contributed by atoms with Crippen molar-refractivity contribution in [3.05, 3.63) is 27.8 Å². The largest absolute Gasteiger partial charge is 0.372 e. The smallest absolute Gasteiger partial charge is 0.322 e. The fourth-order valence-electron chi connectivity index (χ4n) is 2.10. The zero-order valence-electron chi connectivity index (χ0n) is 10.5. The van der Waals surface area contributed by atoms with Crippen LogP contribution in [0.5, 0.6) is 0 Å². The number of para-hydroxylation sites is 1. The van der Waals surface area contributed by atoms with Crippen LogP contribution in [-0.4, -0.2) is 36.2 Å². The molecular weight excluding hydrogens is 343 g/mol. The molecule has 0 aliphatic carbocycles. The van der Waals surface area contributed by atoms with Gasteiger partial charge >= 0.3 is 6.03 Å². The molecule has 1 aromatic carbocycles. The molecule has 0 spiro atoms. The van der Waals surface area contributed by atoms with Gasteiger partial charge in [-0.15, -0.1) is 0 Å². The molecule has 0 unspecified atom stereocenters. The van der Waals surface area contributed by atoms with Crippen molar-refractivity contribution in [2.75, 3.05) is 18.4 Å². The van der Waals surface area contributed by atoms with E-state index in [2.05, 4.69) is 27.9 Å². The van der Waals surface area contributed by atoms with Crippen molar-refractivity contribution in [1.82, 2.24) is 4.90 Å². The molecule has 2 atom stereocenters. The first-order valence-corrected chi connectivity index (χ1v) is 7.10. The molecule has 0 aromatic heterocycles. The highest BCUT2D eigenvalue weighted by molar-refractivity contribution is 14.1. The maximum atomic E-state index is 12.2. The van der Waals surface area contributed by atoms with Crippen LogP contribution in [0.3, 0.4) is 0 Å². The van der Waals surface area contributed by atoms with Gasteiger partial charge in [0.1, 0.15) is 0 Å². The van der Waals surface area contributed by atoms with E-state index >= 15 is 0 Å². The Balaban J connectivity index is 2.02. The lowest BCUT2D eigenvalue weighted by atomic mass is 10.2. The second-order valence-electron chi connectivity index (χ2n) is 4.57. The summed E-state index contributed by atoms with van der Waals surface area (Å²) >= 11 is 2.21. The molecule has 1 aliphatic heterocycles. The standard InChI is InChI=1S/C13H17IN2O2/c1-9-7-16(8-10(2)18-9)13(17)15-12-6-4-3-5-11(12)14/h3-6,9-10H,7-8H2,1-2H3,(H,15,17)/t9-,10-/m1/s1. The fourth-order valence-corrected chi connectivity index (χ4v) is 2.62. The van der Waals surface area contributed by atoms with Crippen LogP contribution in [0.2, 0.25) is 0 Å². The first-order chi connectivity index (χ1) is 8.56. The zero-order valence-corrected chi connectivity index (χ0v) is 12.7. The molecule has 0 saturated carbocycles. The van der Waals surface area contributed by atoms with E-state index in [-0.39, 0.29) is 18.2 Å². The number of ether oxygens (including phenoxy) is 1. The molecule has 0 bridgehead atoms. The summed E-state index contributed by atoms with van der Waals surface area (Å²) in [5.41, 5.74) is 0.856. The molecule has 98 valence electrons. The summed E-state index contributed by atoms with van der Waals surface area (Å²) in [6.07, 6.45) is 0.184. The van der Waals surface area contributed by atoms with Crippen LogP contribution in [0.4, 0.5) is 10.5 Å². The first kappa shape index (κ1) is 13.6. The number of benzene rings is 1. The van der Waals surface area contributed by atoms with E-state index in [9.17, 15) is 4.79 Å². The molecule has 1 N–H and O–H groups in total. The van der Waals surface area contributed by atoms with Crippen molar-refractivity contribution < 1.29 is 9.53 Å². The number of urea groups is 1. The Labute approximate surface area is 121 Å². The van der Waals surface area contributed by atoms with Gasteiger partial charge in [0.2, 0.25) is 0 Å². The van der Waals surface area contributed by atoms with Crippen molar-refractivity contribution in [2.45, 2.75) is 26.1 Å². The highest BCUT2D eigenvalue weighted by Gasteiger charge is 2.25. The number of hydrogen-bond donors (Lipinski definition) is 1. The van der Waals surface area contributed by atoms with Crippen LogP contribution in [-0.2, 0) is 4.74 Å². The minimum atomic E-state index is -0.0545. The summed E-state index contributed by atoms with van der Waals surface area (Å²) in [5.74, 6) is 0. The number of nitrogens with zero attached hydrogens (tertiary/aromatic N) is 1. The number of nitrogens with one attached hydrogen (secondary N) is 1.